The van der Waals surface area contributed by atoms with Crippen molar-refractivity contribution in [2.75, 3.05) is 26.2 Å². The first-order chi connectivity index (χ1) is 6.86. The fraction of sp³-hybridized carbons (Fsp3) is 0.833. The molecule has 1 rings (SSSR count). The van der Waals surface area contributed by atoms with E-state index in [1.165, 1.54) is 25.7 Å². The molecule has 2 heteroatoms. The minimum atomic E-state index is 0.777. The lowest BCUT2D eigenvalue weighted by Crippen LogP contribution is -2.36. The van der Waals surface area contributed by atoms with E-state index in [1.807, 2.05) is 0 Å². The summed E-state index contributed by atoms with van der Waals surface area (Å²) in [6, 6.07) is 0.777. The SMILES string of the molecule is C#CCN(CC)CCNC1CCCC1. The molecule has 14 heavy (non-hydrogen) atoms. The first kappa shape index (κ1) is 11.6. The molecule has 1 aliphatic carbocycles. The fourth-order valence-corrected chi connectivity index (χ4v) is 2.03. The highest BCUT2D eigenvalue weighted by atomic mass is 15.1. The van der Waals surface area contributed by atoms with Crippen molar-refractivity contribution in [2.24, 2.45) is 0 Å². The van der Waals surface area contributed by atoms with E-state index < -0.39 is 0 Å². The van der Waals surface area contributed by atoms with Gasteiger partial charge in [0.1, 0.15) is 0 Å². The van der Waals surface area contributed by atoms with Gasteiger partial charge in [-0.2, -0.15) is 0 Å². The van der Waals surface area contributed by atoms with Gasteiger partial charge in [-0.3, -0.25) is 4.90 Å². The molecule has 0 aliphatic heterocycles. The molecule has 1 fully saturated rings. The summed E-state index contributed by atoms with van der Waals surface area (Å²) in [6.45, 7) is 6.16. The Kier molecular flexibility index (Phi) is 5.66. The predicted molar refractivity (Wildman–Crippen MR) is 61.2 cm³/mol. The van der Waals surface area contributed by atoms with Gasteiger partial charge in [-0.1, -0.05) is 25.7 Å². The third-order valence-corrected chi connectivity index (χ3v) is 2.98. The van der Waals surface area contributed by atoms with Crippen LogP contribution in [0.1, 0.15) is 32.6 Å². The van der Waals surface area contributed by atoms with Crippen LogP contribution in [0.5, 0.6) is 0 Å². The maximum absolute atomic E-state index is 5.29. The van der Waals surface area contributed by atoms with E-state index in [1.54, 1.807) is 0 Å². The van der Waals surface area contributed by atoms with Gasteiger partial charge >= 0.3 is 0 Å². The average Bonchev–Trinajstić information content (AvgIpc) is 2.69. The number of nitrogens with one attached hydrogen (secondary N) is 1. The van der Waals surface area contributed by atoms with Crippen LogP contribution in [0.15, 0.2) is 0 Å². The summed E-state index contributed by atoms with van der Waals surface area (Å²) in [6.07, 6.45) is 10.8. The van der Waals surface area contributed by atoms with Crippen LogP contribution < -0.4 is 5.32 Å². The average molecular weight is 194 g/mol. The summed E-state index contributed by atoms with van der Waals surface area (Å²) in [5.74, 6) is 2.70. The quantitative estimate of drug-likeness (QED) is 0.644. The number of nitrogens with zero attached hydrogens (tertiary/aromatic N) is 1. The van der Waals surface area contributed by atoms with Crippen molar-refractivity contribution in [2.45, 2.75) is 38.6 Å². The van der Waals surface area contributed by atoms with Gasteiger partial charge < -0.3 is 5.32 Å². The van der Waals surface area contributed by atoms with E-state index in [9.17, 15) is 0 Å². The van der Waals surface area contributed by atoms with Crippen LogP contribution in [0, 0.1) is 12.3 Å². The molecule has 0 saturated heterocycles. The number of rotatable bonds is 6. The second-order valence-corrected chi connectivity index (χ2v) is 4.01. The van der Waals surface area contributed by atoms with Gasteiger partial charge in [-0.05, 0) is 19.4 Å². The highest BCUT2D eigenvalue weighted by Gasteiger charge is 2.13. The van der Waals surface area contributed by atoms with Crippen LogP contribution in [0.2, 0.25) is 0 Å². The van der Waals surface area contributed by atoms with E-state index in [4.69, 9.17) is 6.42 Å². The summed E-state index contributed by atoms with van der Waals surface area (Å²) in [5, 5.41) is 3.59. The van der Waals surface area contributed by atoms with Crippen molar-refractivity contribution in [3.05, 3.63) is 0 Å². The van der Waals surface area contributed by atoms with Crippen LogP contribution >= 0.6 is 0 Å². The maximum atomic E-state index is 5.29. The van der Waals surface area contributed by atoms with Crippen LogP contribution in [-0.2, 0) is 0 Å². The summed E-state index contributed by atoms with van der Waals surface area (Å²) in [5.41, 5.74) is 0. The normalized spacial score (nSPS) is 17.5. The zero-order valence-electron chi connectivity index (χ0n) is 9.26. The molecule has 2 nitrogen and oxygen atoms in total. The molecule has 0 bridgehead atoms. The number of terminal acetylenes is 1. The molecule has 0 unspecified atom stereocenters. The monoisotopic (exact) mass is 194 g/mol. The highest BCUT2D eigenvalue weighted by molar-refractivity contribution is 4.88. The van der Waals surface area contributed by atoms with Gasteiger partial charge in [-0.15, -0.1) is 6.42 Å². The van der Waals surface area contributed by atoms with Crippen LogP contribution in [0.3, 0.4) is 0 Å². The van der Waals surface area contributed by atoms with Crippen molar-refractivity contribution in [1.29, 1.82) is 0 Å². The van der Waals surface area contributed by atoms with E-state index in [0.717, 1.165) is 32.2 Å². The van der Waals surface area contributed by atoms with Gasteiger partial charge in [0.05, 0.1) is 6.54 Å². The van der Waals surface area contributed by atoms with Gasteiger partial charge in [0.15, 0.2) is 0 Å². The molecule has 0 aromatic carbocycles. The summed E-state index contributed by atoms with van der Waals surface area (Å²) in [7, 11) is 0. The molecule has 1 aliphatic rings. The Labute approximate surface area is 88.1 Å². The third kappa shape index (κ3) is 4.13. The van der Waals surface area contributed by atoms with Crippen molar-refractivity contribution < 1.29 is 0 Å². The fourth-order valence-electron chi connectivity index (χ4n) is 2.03. The first-order valence-electron chi connectivity index (χ1n) is 5.76. The van der Waals surface area contributed by atoms with Gasteiger partial charge in [0, 0.05) is 19.1 Å². The molecule has 0 radical (unpaired) electrons. The lowest BCUT2D eigenvalue weighted by molar-refractivity contribution is 0.314. The van der Waals surface area contributed by atoms with Crippen LogP contribution in [-0.4, -0.2) is 37.1 Å². The van der Waals surface area contributed by atoms with E-state index in [0.29, 0.717) is 0 Å². The van der Waals surface area contributed by atoms with Crippen molar-refractivity contribution in [3.8, 4) is 12.3 Å². The summed E-state index contributed by atoms with van der Waals surface area (Å²) < 4.78 is 0. The number of likely N-dealkylation sites (N-methyl/N-ethyl adjacent to an activating group) is 1. The molecular formula is C12H22N2. The zero-order valence-corrected chi connectivity index (χ0v) is 9.26. The zero-order chi connectivity index (χ0) is 10.2. The molecule has 0 aromatic heterocycles. The Hall–Kier alpha value is -0.520. The number of hydrogen-bond donors (Lipinski definition) is 1. The minimum Gasteiger partial charge on any atom is -0.313 e. The van der Waals surface area contributed by atoms with E-state index >= 15 is 0 Å². The van der Waals surface area contributed by atoms with E-state index in [2.05, 4.69) is 23.1 Å². The van der Waals surface area contributed by atoms with Crippen molar-refractivity contribution >= 4 is 0 Å². The minimum absolute atomic E-state index is 0.777. The Morgan fingerprint density at radius 1 is 1.43 bits per heavy atom. The van der Waals surface area contributed by atoms with Crippen LogP contribution in [0.4, 0.5) is 0 Å². The van der Waals surface area contributed by atoms with Crippen molar-refractivity contribution in [1.82, 2.24) is 10.2 Å². The largest absolute Gasteiger partial charge is 0.313 e. The Bertz CT molecular complexity index is 177. The topological polar surface area (TPSA) is 15.3 Å². The predicted octanol–water partition coefficient (Wildman–Crippen LogP) is 1.47. The molecule has 1 saturated carbocycles. The van der Waals surface area contributed by atoms with Crippen molar-refractivity contribution in [3.63, 3.8) is 0 Å². The van der Waals surface area contributed by atoms with Gasteiger partial charge in [-0.25, -0.2) is 0 Å². The molecule has 0 heterocycles. The van der Waals surface area contributed by atoms with Gasteiger partial charge in [0.25, 0.3) is 0 Å². The Morgan fingerprint density at radius 3 is 2.71 bits per heavy atom. The number of hydrogen-bond acceptors (Lipinski definition) is 2. The molecule has 80 valence electrons. The second kappa shape index (κ2) is 6.86. The Balaban J connectivity index is 2.03. The smallest absolute Gasteiger partial charge is 0.0599 e. The molecular weight excluding hydrogens is 172 g/mol. The molecule has 1 N–H and O–H groups in total. The Morgan fingerprint density at radius 2 is 2.14 bits per heavy atom. The first-order valence-corrected chi connectivity index (χ1v) is 5.76. The lowest BCUT2D eigenvalue weighted by Gasteiger charge is -2.19. The molecule has 0 atom stereocenters. The third-order valence-electron chi connectivity index (χ3n) is 2.98. The maximum Gasteiger partial charge on any atom is 0.0599 e. The summed E-state index contributed by atoms with van der Waals surface area (Å²) >= 11 is 0. The van der Waals surface area contributed by atoms with Gasteiger partial charge in [0.2, 0.25) is 0 Å². The molecule has 0 aromatic rings. The lowest BCUT2D eigenvalue weighted by atomic mass is 10.2. The summed E-state index contributed by atoms with van der Waals surface area (Å²) in [4.78, 5) is 2.29. The second-order valence-electron chi connectivity index (χ2n) is 4.01. The molecule has 0 spiro atoms. The van der Waals surface area contributed by atoms with E-state index in [-0.39, 0.29) is 0 Å². The molecule has 0 amide bonds. The van der Waals surface area contributed by atoms with Crippen LogP contribution in [0.25, 0.3) is 0 Å². The highest BCUT2D eigenvalue weighted by Crippen LogP contribution is 2.17. The standard InChI is InChI=1S/C12H22N2/c1-3-10-14(4-2)11-9-13-12-7-5-6-8-12/h1,12-13H,4-11H2,2H3.